The Morgan fingerprint density at radius 2 is 1.93 bits per heavy atom. The van der Waals surface area contributed by atoms with Gasteiger partial charge < -0.3 is 5.32 Å². The van der Waals surface area contributed by atoms with Crippen molar-refractivity contribution in [3.8, 4) is 0 Å². The standard InChI is InChI=1S/C20H23ClN2O3S/c1-15-8-10-19(11-9-15)27(25,26)23-12-3-2-7-18(23)14-20(24)22-17-6-4-5-16(21)13-17/h4-6,8-11,13,18H,2-3,7,12,14H2,1H3,(H,22,24)/t18-/m0/s1. The Balaban J connectivity index is 1.75. The smallest absolute Gasteiger partial charge is 0.243 e. The van der Waals surface area contributed by atoms with Gasteiger partial charge in [0.05, 0.1) is 4.90 Å². The molecular weight excluding hydrogens is 384 g/mol. The van der Waals surface area contributed by atoms with E-state index >= 15 is 0 Å². The van der Waals surface area contributed by atoms with Gasteiger partial charge in [-0.3, -0.25) is 4.79 Å². The number of nitrogens with zero attached hydrogens (tertiary/aromatic N) is 1. The van der Waals surface area contributed by atoms with E-state index in [2.05, 4.69) is 5.32 Å². The van der Waals surface area contributed by atoms with E-state index < -0.39 is 10.0 Å². The van der Waals surface area contributed by atoms with Crippen molar-refractivity contribution in [1.82, 2.24) is 4.31 Å². The molecule has 0 aromatic heterocycles. The molecule has 27 heavy (non-hydrogen) atoms. The molecule has 0 radical (unpaired) electrons. The third kappa shape index (κ3) is 4.89. The first kappa shape index (κ1) is 19.9. The van der Waals surface area contributed by atoms with Gasteiger partial charge in [0.1, 0.15) is 0 Å². The van der Waals surface area contributed by atoms with Crippen molar-refractivity contribution < 1.29 is 13.2 Å². The first-order valence-electron chi connectivity index (χ1n) is 9.00. The van der Waals surface area contributed by atoms with Crippen molar-refractivity contribution in [2.24, 2.45) is 0 Å². The van der Waals surface area contributed by atoms with Crippen molar-refractivity contribution in [3.05, 3.63) is 59.1 Å². The highest BCUT2D eigenvalue weighted by molar-refractivity contribution is 7.89. The van der Waals surface area contributed by atoms with Gasteiger partial charge in [0.2, 0.25) is 15.9 Å². The molecule has 144 valence electrons. The minimum Gasteiger partial charge on any atom is -0.326 e. The van der Waals surface area contributed by atoms with Crippen molar-refractivity contribution in [3.63, 3.8) is 0 Å². The van der Waals surface area contributed by atoms with Crippen molar-refractivity contribution in [1.29, 1.82) is 0 Å². The normalized spacial score (nSPS) is 18.2. The van der Waals surface area contributed by atoms with Crippen LogP contribution < -0.4 is 5.32 Å². The van der Waals surface area contributed by atoms with Crippen LogP contribution >= 0.6 is 11.6 Å². The summed E-state index contributed by atoms with van der Waals surface area (Å²) >= 11 is 5.94. The largest absolute Gasteiger partial charge is 0.326 e. The third-order valence-corrected chi connectivity index (χ3v) is 6.93. The van der Waals surface area contributed by atoms with Gasteiger partial charge >= 0.3 is 0 Å². The number of carbonyl (C=O) groups excluding carboxylic acids is 1. The number of carbonyl (C=O) groups is 1. The number of rotatable bonds is 5. The zero-order valence-corrected chi connectivity index (χ0v) is 16.8. The maximum absolute atomic E-state index is 13.1. The lowest BCUT2D eigenvalue weighted by Gasteiger charge is -2.34. The lowest BCUT2D eigenvalue weighted by Crippen LogP contribution is -2.45. The Kier molecular flexibility index (Phi) is 6.19. The second kappa shape index (κ2) is 8.42. The molecule has 1 heterocycles. The molecule has 7 heteroatoms. The topological polar surface area (TPSA) is 66.5 Å². The van der Waals surface area contributed by atoms with Crippen LogP contribution in [0, 0.1) is 6.92 Å². The lowest BCUT2D eigenvalue weighted by atomic mass is 10.0. The summed E-state index contributed by atoms with van der Waals surface area (Å²) in [5, 5.41) is 3.34. The van der Waals surface area contributed by atoms with Crippen LogP contribution in [0.25, 0.3) is 0 Å². The number of hydrogen-bond acceptors (Lipinski definition) is 3. The molecule has 2 aromatic rings. The van der Waals surface area contributed by atoms with E-state index in [-0.39, 0.29) is 23.3 Å². The van der Waals surface area contributed by atoms with E-state index in [0.29, 0.717) is 23.7 Å². The second-order valence-electron chi connectivity index (χ2n) is 6.84. The summed E-state index contributed by atoms with van der Waals surface area (Å²) in [4.78, 5) is 12.7. The van der Waals surface area contributed by atoms with Crippen LogP contribution in [0.4, 0.5) is 5.69 Å². The SMILES string of the molecule is Cc1ccc(S(=O)(=O)N2CCCC[C@H]2CC(=O)Nc2cccc(Cl)c2)cc1. The van der Waals surface area contributed by atoms with Gasteiger partial charge in [0, 0.05) is 29.7 Å². The van der Waals surface area contributed by atoms with E-state index in [1.54, 1.807) is 48.5 Å². The fourth-order valence-electron chi connectivity index (χ4n) is 3.33. The maximum atomic E-state index is 13.1. The van der Waals surface area contributed by atoms with Gasteiger partial charge in [-0.25, -0.2) is 8.42 Å². The molecular formula is C20H23ClN2O3S. The molecule has 1 amide bonds. The first-order chi connectivity index (χ1) is 12.9. The van der Waals surface area contributed by atoms with E-state index in [0.717, 1.165) is 18.4 Å². The van der Waals surface area contributed by atoms with Crippen LogP contribution in [-0.2, 0) is 14.8 Å². The summed E-state index contributed by atoms with van der Waals surface area (Å²) in [6.45, 7) is 2.35. The van der Waals surface area contributed by atoms with Gasteiger partial charge in [-0.15, -0.1) is 0 Å². The Bertz CT molecular complexity index is 913. The Morgan fingerprint density at radius 3 is 2.63 bits per heavy atom. The molecule has 0 spiro atoms. The monoisotopic (exact) mass is 406 g/mol. The zero-order chi connectivity index (χ0) is 19.4. The predicted molar refractivity (Wildman–Crippen MR) is 107 cm³/mol. The van der Waals surface area contributed by atoms with Crippen molar-refractivity contribution in [2.45, 2.75) is 43.5 Å². The summed E-state index contributed by atoms with van der Waals surface area (Å²) < 4.78 is 27.6. The van der Waals surface area contributed by atoms with Crippen LogP contribution in [-0.4, -0.2) is 31.2 Å². The number of halogens is 1. The molecule has 1 saturated heterocycles. The number of nitrogens with one attached hydrogen (secondary N) is 1. The Hall–Kier alpha value is -1.89. The number of hydrogen-bond donors (Lipinski definition) is 1. The van der Waals surface area contributed by atoms with Gasteiger partial charge in [0.25, 0.3) is 0 Å². The quantitative estimate of drug-likeness (QED) is 0.808. The third-order valence-electron chi connectivity index (χ3n) is 4.73. The fourth-order valence-corrected chi connectivity index (χ4v) is 5.22. The zero-order valence-electron chi connectivity index (χ0n) is 15.2. The van der Waals surface area contributed by atoms with E-state index in [1.165, 1.54) is 4.31 Å². The van der Waals surface area contributed by atoms with Crippen LogP contribution in [0.1, 0.15) is 31.2 Å². The molecule has 1 aliphatic rings. The molecule has 0 saturated carbocycles. The number of benzene rings is 2. The highest BCUT2D eigenvalue weighted by Crippen LogP contribution is 2.27. The van der Waals surface area contributed by atoms with Gasteiger partial charge in [0.15, 0.2) is 0 Å². The molecule has 1 N–H and O–H groups in total. The van der Waals surface area contributed by atoms with Crippen LogP contribution in [0.15, 0.2) is 53.4 Å². The number of piperidine rings is 1. The number of aryl methyl sites for hydroxylation is 1. The summed E-state index contributed by atoms with van der Waals surface area (Å²) in [6, 6.07) is 13.4. The Morgan fingerprint density at radius 1 is 1.19 bits per heavy atom. The highest BCUT2D eigenvalue weighted by Gasteiger charge is 2.34. The molecule has 1 fully saturated rings. The van der Waals surface area contributed by atoms with Crippen LogP contribution in [0.2, 0.25) is 5.02 Å². The number of amides is 1. The molecule has 0 aliphatic carbocycles. The van der Waals surface area contributed by atoms with Crippen molar-refractivity contribution >= 4 is 33.2 Å². The van der Waals surface area contributed by atoms with E-state index in [1.807, 2.05) is 6.92 Å². The second-order valence-corrected chi connectivity index (χ2v) is 9.17. The summed E-state index contributed by atoms with van der Waals surface area (Å²) in [7, 11) is -3.62. The molecule has 2 aromatic carbocycles. The fraction of sp³-hybridized carbons (Fsp3) is 0.350. The minimum atomic E-state index is -3.62. The number of sulfonamides is 1. The van der Waals surface area contributed by atoms with E-state index in [9.17, 15) is 13.2 Å². The molecule has 0 bridgehead atoms. The maximum Gasteiger partial charge on any atom is 0.243 e. The van der Waals surface area contributed by atoms with Gasteiger partial charge in [-0.05, 0) is 50.1 Å². The van der Waals surface area contributed by atoms with Gasteiger partial charge in [-0.1, -0.05) is 41.8 Å². The van der Waals surface area contributed by atoms with Crippen LogP contribution in [0.3, 0.4) is 0 Å². The summed E-state index contributed by atoms with van der Waals surface area (Å²) in [6.07, 6.45) is 2.51. The Labute approximate surface area is 165 Å². The minimum absolute atomic E-state index is 0.123. The molecule has 1 aliphatic heterocycles. The molecule has 1 atom stereocenters. The molecule has 5 nitrogen and oxygen atoms in total. The highest BCUT2D eigenvalue weighted by atomic mass is 35.5. The van der Waals surface area contributed by atoms with Gasteiger partial charge in [-0.2, -0.15) is 4.31 Å². The summed E-state index contributed by atoms with van der Waals surface area (Å²) in [5.41, 5.74) is 1.61. The number of anilines is 1. The average Bonchev–Trinajstić information content (AvgIpc) is 2.62. The molecule has 0 unspecified atom stereocenters. The molecule has 3 rings (SSSR count). The predicted octanol–water partition coefficient (Wildman–Crippen LogP) is 4.22. The van der Waals surface area contributed by atoms with E-state index in [4.69, 9.17) is 11.6 Å². The average molecular weight is 407 g/mol. The lowest BCUT2D eigenvalue weighted by molar-refractivity contribution is -0.117. The van der Waals surface area contributed by atoms with Crippen molar-refractivity contribution in [2.75, 3.05) is 11.9 Å². The summed E-state index contributed by atoms with van der Waals surface area (Å²) in [5.74, 6) is -0.215. The van der Waals surface area contributed by atoms with Crippen LogP contribution in [0.5, 0.6) is 0 Å². The first-order valence-corrected chi connectivity index (χ1v) is 10.8.